The van der Waals surface area contributed by atoms with Crippen molar-refractivity contribution in [3.05, 3.63) is 23.1 Å². The summed E-state index contributed by atoms with van der Waals surface area (Å²) in [6.07, 6.45) is 2.51. The van der Waals surface area contributed by atoms with Crippen LogP contribution >= 0.6 is 11.6 Å². The molecule has 0 bridgehead atoms. The highest BCUT2D eigenvalue weighted by molar-refractivity contribution is 6.32. The minimum atomic E-state index is -0.0203. The molecule has 1 saturated heterocycles. The van der Waals surface area contributed by atoms with Gasteiger partial charge in [0.25, 0.3) is 5.91 Å². The van der Waals surface area contributed by atoms with E-state index in [9.17, 15) is 4.79 Å². The van der Waals surface area contributed by atoms with E-state index in [4.69, 9.17) is 16.0 Å². The third kappa shape index (κ3) is 1.64. The maximum atomic E-state index is 11.9. The maximum absolute atomic E-state index is 11.9. The van der Waals surface area contributed by atoms with Gasteiger partial charge >= 0.3 is 0 Å². The van der Waals surface area contributed by atoms with Crippen LogP contribution in [0.1, 0.15) is 23.7 Å². The summed E-state index contributed by atoms with van der Waals surface area (Å²) in [5.41, 5.74) is 0.473. The minimum Gasteiger partial charge on any atom is -0.452 e. The molecule has 0 aliphatic carbocycles. The molecule has 0 saturated carbocycles. The first-order valence-corrected chi connectivity index (χ1v) is 5.08. The van der Waals surface area contributed by atoms with Crippen LogP contribution in [0.2, 0.25) is 5.22 Å². The zero-order chi connectivity index (χ0) is 10.1. The number of hydrogen-bond donors (Lipinski definition) is 0. The van der Waals surface area contributed by atoms with Crippen molar-refractivity contribution in [2.24, 2.45) is 5.92 Å². The van der Waals surface area contributed by atoms with Crippen molar-refractivity contribution in [2.45, 2.75) is 13.3 Å². The van der Waals surface area contributed by atoms with Crippen molar-refractivity contribution in [1.29, 1.82) is 0 Å². The van der Waals surface area contributed by atoms with Crippen molar-refractivity contribution in [1.82, 2.24) is 4.90 Å². The standard InChI is InChI=1S/C10H12ClNO2/c1-7-2-4-12(6-7)10(13)8-3-5-14-9(8)11/h3,5,7H,2,4,6H2,1H3. The Balaban J connectivity index is 2.13. The molecule has 0 spiro atoms. The Kier molecular flexibility index (Phi) is 2.50. The lowest BCUT2D eigenvalue weighted by Gasteiger charge is -2.14. The fraction of sp³-hybridized carbons (Fsp3) is 0.500. The van der Waals surface area contributed by atoms with Crippen LogP contribution in [-0.2, 0) is 0 Å². The Bertz CT molecular complexity index is 348. The molecule has 1 aliphatic heterocycles. The van der Waals surface area contributed by atoms with Crippen LogP contribution in [0.5, 0.6) is 0 Å². The van der Waals surface area contributed by atoms with E-state index in [2.05, 4.69) is 6.92 Å². The third-order valence-electron chi connectivity index (χ3n) is 2.56. The molecule has 0 aromatic carbocycles. The predicted octanol–water partition coefficient (Wildman–Crippen LogP) is 2.42. The number of carbonyl (C=O) groups is 1. The fourth-order valence-corrected chi connectivity index (χ4v) is 1.93. The Morgan fingerprint density at radius 3 is 3.00 bits per heavy atom. The summed E-state index contributed by atoms with van der Waals surface area (Å²) in [5.74, 6) is 0.567. The van der Waals surface area contributed by atoms with Gasteiger partial charge < -0.3 is 9.32 Å². The van der Waals surface area contributed by atoms with E-state index in [1.54, 1.807) is 6.07 Å². The van der Waals surface area contributed by atoms with Gasteiger partial charge in [0.05, 0.1) is 11.8 Å². The number of rotatable bonds is 1. The minimum absolute atomic E-state index is 0.0203. The Labute approximate surface area is 87.6 Å². The van der Waals surface area contributed by atoms with E-state index in [0.717, 1.165) is 19.5 Å². The van der Waals surface area contributed by atoms with E-state index in [1.165, 1.54) is 6.26 Å². The molecule has 2 heterocycles. The number of halogens is 1. The second-order valence-corrected chi connectivity index (χ2v) is 4.10. The molecule has 1 amide bonds. The van der Waals surface area contributed by atoms with Gasteiger partial charge in [0, 0.05) is 13.1 Å². The summed E-state index contributed by atoms with van der Waals surface area (Å²) < 4.78 is 4.89. The molecule has 2 rings (SSSR count). The van der Waals surface area contributed by atoms with Gasteiger partial charge in [-0.3, -0.25) is 4.79 Å². The molecule has 1 fully saturated rings. The number of furan rings is 1. The van der Waals surface area contributed by atoms with E-state index < -0.39 is 0 Å². The second kappa shape index (κ2) is 3.65. The highest BCUT2D eigenvalue weighted by Crippen LogP contribution is 2.22. The van der Waals surface area contributed by atoms with Crippen LogP contribution in [0.3, 0.4) is 0 Å². The SMILES string of the molecule is CC1CCN(C(=O)c2ccoc2Cl)C1. The predicted molar refractivity (Wildman–Crippen MR) is 53.4 cm³/mol. The average molecular weight is 214 g/mol. The highest BCUT2D eigenvalue weighted by Gasteiger charge is 2.26. The first-order valence-electron chi connectivity index (χ1n) is 4.70. The topological polar surface area (TPSA) is 33.5 Å². The zero-order valence-corrected chi connectivity index (χ0v) is 8.75. The Morgan fingerprint density at radius 1 is 1.71 bits per heavy atom. The van der Waals surface area contributed by atoms with Gasteiger partial charge in [-0.05, 0) is 30.0 Å². The van der Waals surface area contributed by atoms with E-state index >= 15 is 0 Å². The fourth-order valence-electron chi connectivity index (χ4n) is 1.74. The molecule has 4 heteroatoms. The molecule has 1 atom stereocenters. The summed E-state index contributed by atoms with van der Waals surface area (Å²) in [6.45, 7) is 3.78. The summed E-state index contributed by atoms with van der Waals surface area (Å²) in [5, 5.41) is 0.189. The molecular formula is C10H12ClNO2. The van der Waals surface area contributed by atoms with Gasteiger partial charge in [0.2, 0.25) is 5.22 Å². The first-order chi connectivity index (χ1) is 6.68. The van der Waals surface area contributed by atoms with E-state index in [1.807, 2.05) is 4.90 Å². The lowest BCUT2D eigenvalue weighted by Crippen LogP contribution is -2.28. The summed E-state index contributed by atoms with van der Waals surface area (Å²) in [7, 11) is 0. The zero-order valence-electron chi connectivity index (χ0n) is 8.00. The lowest BCUT2D eigenvalue weighted by molar-refractivity contribution is 0.0787. The molecule has 76 valence electrons. The molecule has 3 nitrogen and oxygen atoms in total. The number of nitrogens with zero attached hydrogens (tertiary/aromatic N) is 1. The van der Waals surface area contributed by atoms with Gasteiger partial charge in [0.1, 0.15) is 0 Å². The highest BCUT2D eigenvalue weighted by atomic mass is 35.5. The van der Waals surface area contributed by atoms with Crippen molar-refractivity contribution >= 4 is 17.5 Å². The lowest BCUT2D eigenvalue weighted by atomic mass is 10.2. The Morgan fingerprint density at radius 2 is 2.50 bits per heavy atom. The van der Waals surface area contributed by atoms with Crippen LogP contribution in [-0.4, -0.2) is 23.9 Å². The van der Waals surface area contributed by atoms with Crippen molar-refractivity contribution in [2.75, 3.05) is 13.1 Å². The van der Waals surface area contributed by atoms with Crippen molar-refractivity contribution in [3.8, 4) is 0 Å². The number of amides is 1. The molecule has 0 radical (unpaired) electrons. The molecule has 1 aromatic rings. The van der Waals surface area contributed by atoms with Crippen LogP contribution in [0, 0.1) is 5.92 Å². The van der Waals surface area contributed by atoms with Gasteiger partial charge in [-0.25, -0.2) is 0 Å². The van der Waals surface area contributed by atoms with Crippen LogP contribution < -0.4 is 0 Å². The van der Waals surface area contributed by atoms with Crippen LogP contribution in [0.4, 0.5) is 0 Å². The monoisotopic (exact) mass is 213 g/mol. The molecule has 1 unspecified atom stereocenters. The van der Waals surface area contributed by atoms with Gasteiger partial charge in [-0.1, -0.05) is 6.92 Å². The van der Waals surface area contributed by atoms with Crippen LogP contribution in [0.25, 0.3) is 0 Å². The average Bonchev–Trinajstić information content (AvgIpc) is 2.73. The summed E-state index contributed by atoms with van der Waals surface area (Å²) in [4.78, 5) is 13.7. The third-order valence-corrected chi connectivity index (χ3v) is 2.85. The quantitative estimate of drug-likeness (QED) is 0.718. The number of hydrogen-bond acceptors (Lipinski definition) is 2. The second-order valence-electron chi connectivity index (χ2n) is 3.75. The summed E-state index contributed by atoms with van der Waals surface area (Å²) >= 11 is 5.74. The maximum Gasteiger partial charge on any atom is 0.258 e. The first kappa shape index (κ1) is 9.59. The van der Waals surface area contributed by atoms with Crippen LogP contribution in [0.15, 0.2) is 16.7 Å². The van der Waals surface area contributed by atoms with Crippen molar-refractivity contribution < 1.29 is 9.21 Å². The molecular weight excluding hydrogens is 202 g/mol. The van der Waals surface area contributed by atoms with E-state index in [-0.39, 0.29) is 11.1 Å². The normalized spacial score (nSPS) is 21.6. The summed E-state index contributed by atoms with van der Waals surface area (Å²) in [6, 6.07) is 1.62. The smallest absolute Gasteiger partial charge is 0.258 e. The van der Waals surface area contributed by atoms with Gasteiger partial charge in [-0.2, -0.15) is 0 Å². The van der Waals surface area contributed by atoms with Gasteiger partial charge in [-0.15, -0.1) is 0 Å². The van der Waals surface area contributed by atoms with Gasteiger partial charge in [0.15, 0.2) is 0 Å². The number of likely N-dealkylation sites (tertiary alicyclic amines) is 1. The molecule has 0 N–H and O–H groups in total. The Hall–Kier alpha value is -0.960. The largest absolute Gasteiger partial charge is 0.452 e. The number of carbonyl (C=O) groups excluding carboxylic acids is 1. The molecule has 1 aromatic heterocycles. The van der Waals surface area contributed by atoms with Crippen molar-refractivity contribution in [3.63, 3.8) is 0 Å². The molecule has 14 heavy (non-hydrogen) atoms. The van der Waals surface area contributed by atoms with E-state index in [0.29, 0.717) is 11.5 Å². The molecule has 1 aliphatic rings.